The van der Waals surface area contributed by atoms with Crippen molar-refractivity contribution in [1.82, 2.24) is 14.7 Å². The van der Waals surface area contributed by atoms with Crippen molar-refractivity contribution in [1.29, 1.82) is 0 Å². The molecule has 0 radical (unpaired) electrons. The van der Waals surface area contributed by atoms with E-state index in [1.807, 2.05) is 24.3 Å². The maximum Gasteiger partial charge on any atom is 0.306 e. The van der Waals surface area contributed by atoms with E-state index < -0.39 is 23.1 Å². The van der Waals surface area contributed by atoms with Crippen LogP contribution in [0.15, 0.2) is 51.9 Å². The predicted molar refractivity (Wildman–Crippen MR) is 129 cm³/mol. The van der Waals surface area contributed by atoms with Gasteiger partial charge in [0.1, 0.15) is 11.5 Å². The smallest absolute Gasteiger partial charge is 0.306 e. The summed E-state index contributed by atoms with van der Waals surface area (Å²) in [6.45, 7) is 3.61. The summed E-state index contributed by atoms with van der Waals surface area (Å²) in [5.41, 5.74) is 1.23. The minimum Gasteiger partial charge on any atom is -0.502 e. The van der Waals surface area contributed by atoms with Crippen LogP contribution in [-0.4, -0.2) is 66.2 Å². The molecule has 1 saturated heterocycles. The molecule has 3 aromatic rings. The van der Waals surface area contributed by atoms with E-state index >= 15 is 0 Å². The van der Waals surface area contributed by atoms with Crippen LogP contribution in [0.4, 0.5) is 5.69 Å². The molecule has 1 fully saturated rings. The number of hydrogen-bond donors (Lipinski definition) is 1. The fourth-order valence-corrected chi connectivity index (χ4v) is 4.28. The number of benzene rings is 1. The molecule has 1 aliphatic heterocycles. The largest absolute Gasteiger partial charge is 0.502 e. The lowest BCUT2D eigenvalue weighted by Crippen LogP contribution is -2.46. The van der Waals surface area contributed by atoms with Crippen LogP contribution in [0.2, 0.25) is 0 Å². The van der Waals surface area contributed by atoms with E-state index in [0.29, 0.717) is 17.9 Å². The van der Waals surface area contributed by atoms with E-state index in [9.17, 15) is 14.7 Å². The van der Waals surface area contributed by atoms with Crippen LogP contribution in [-0.2, 0) is 23.1 Å². The van der Waals surface area contributed by atoms with E-state index in [-0.39, 0.29) is 12.2 Å². The van der Waals surface area contributed by atoms with Crippen molar-refractivity contribution in [2.75, 3.05) is 45.3 Å². The summed E-state index contributed by atoms with van der Waals surface area (Å²) in [6.07, 6.45) is 3.21. The highest BCUT2D eigenvalue weighted by atomic mass is 16.5. The number of nitrogens with zero attached hydrogens (tertiary/aromatic N) is 4. The molecule has 0 saturated carbocycles. The maximum atomic E-state index is 12.6. The van der Waals surface area contributed by atoms with Crippen molar-refractivity contribution in [3.8, 4) is 11.5 Å². The number of anilines is 1. The minimum absolute atomic E-state index is 0.0442. The molecule has 1 aromatic carbocycles. The van der Waals surface area contributed by atoms with Gasteiger partial charge in [-0.25, -0.2) is 0 Å². The van der Waals surface area contributed by atoms with Crippen LogP contribution >= 0.6 is 0 Å². The van der Waals surface area contributed by atoms with Gasteiger partial charge in [0.25, 0.3) is 0 Å². The molecule has 0 amide bonds. The van der Waals surface area contributed by atoms with Crippen molar-refractivity contribution in [3.63, 3.8) is 0 Å². The minimum atomic E-state index is -0.698. The number of carbonyl (C=O) groups is 1. The molecule has 2 aromatic heterocycles. The topological polar surface area (TPSA) is 110 Å². The van der Waals surface area contributed by atoms with Crippen LogP contribution in [0.25, 0.3) is 0 Å². The molecule has 0 unspecified atom stereocenters. The fraction of sp³-hybridized carbons (Fsp3) is 0.400. The third-order valence-electron chi connectivity index (χ3n) is 6.23. The molecule has 0 aliphatic carbocycles. The van der Waals surface area contributed by atoms with Gasteiger partial charge in [-0.3, -0.25) is 19.2 Å². The van der Waals surface area contributed by atoms with Crippen LogP contribution in [0.5, 0.6) is 11.5 Å². The number of hydrogen-bond acceptors (Lipinski definition) is 9. The fourth-order valence-electron chi connectivity index (χ4n) is 4.28. The van der Waals surface area contributed by atoms with E-state index in [1.54, 1.807) is 31.2 Å². The van der Waals surface area contributed by atoms with Gasteiger partial charge < -0.3 is 23.9 Å². The molecule has 186 valence electrons. The van der Waals surface area contributed by atoms with Crippen LogP contribution < -0.4 is 15.1 Å². The lowest BCUT2D eigenvalue weighted by molar-refractivity contribution is -0.140. The zero-order valence-electron chi connectivity index (χ0n) is 20.1. The second-order valence-corrected chi connectivity index (χ2v) is 8.53. The number of piperazine rings is 1. The number of aryl methyl sites for hydroxylation is 1. The SMILES string of the molecule is COC(=O)C[C@H](c1cnn(C)c1)c1oc(CN2CCN(c3ccc(OC)cc3)CC2)cc(=O)c1O. The van der Waals surface area contributed by atoms with Gasteiger partial charge in [-0.05, 0) is 24.3 Å². The summed E-state index contributed by atoms with van der Waals surface area (Å²) in [7, 11) is 4.69. The molecule has 0 bridgehead atoms. The highest BCUT2D eigenvalue weighted by molar-refractivity contribution is 5.71. The normalized spacial score (nSPS) is 15.1. The van der Waals surface area contributed by atoms with Crippen LogP contribution in [0.1, 0.15) is 29.4 Å². The highest BCUT2D eigenvalue weighted by Gasteiger charge is 2.28. The molecule has 0 spiro atoms. The number of rotatable bonds is 8. The molecule has 4 rings (SSSR count). The number of ether oxygens (including phenoxy) is 2. The Hall–Kier alpha value is -3.79. The standard InChI is InChI=1S/C25H30N4O6/c1-27-15-17(14-26-27)21(13-23(31)34-3)25-24(32)22(30)12-20(35-25)16-28-8-10-29(11-9-28)18-4-6-19(33-2)7-5-18/h4-7,12,14-15,21,32H,8-11,13,16H2,1-3H3/t21-/m1/s1. The Balaban J connectivity index is 1.50. The van der Waals surface area contributed by atoms with Crippen LogP contribution in [0, 0.1) is 0 Å². The first-order chi connectivity index (χ1) is 16.9. The number of aromatic nitrogens is 2. The summed E-state index contributed by atoms with van der Waals surface area (Å²) in [5, 5.41) is 14.7. The predicted octanol–water partition coefficient (Wildman–Crippen LogP) is 2.10. The summed E-state index contributed by atoms with van der Waals surface area (Å²) < 4.78 is 17.7. The molecule has 10 nitrogen and oxygen atoms in total. The first-order valence-corrected chi connectivity index (χ1v) is 11.4. The number of methoxy groups -OCH3 is 2. The zero-order chi connectivity index (χ0) is 24.9. The van der Waals surface area contributed by atoms with Crippen molar-refractivity contribution >= 4 is 11.7 Å². The van der Waals surface area contributed by atoms with Crippen molar-refractivity contribution in [2.45, 2.75) is 18.9 Å². The Bertz CT molecular complexity index is 1210. The Morgan fingerprint density at radius 3 is 2.49 bits per heavy atom. The van der Waals surface area contributed by atoms with Crippen molar-refractivity contribution in [2.24, 2.45) is 7.05 Å². The monoisotopic (exact) mass is 482 g/mol. The zero-order valence-corrected chi connectivity index (χ0v) is 20.1. The quantitative estimate of drug-likeness (QED) is 0.483. The summed E-state index contributed by atoms with van der Waals surface area (Å²) in [6, 6.07) is 9.29. The van der Waals surface area contributed by atoms with Gasteiger partial charge in [0.15, 0.2) is 5.76 Å². The molecular weight excluding hydrogens is 452 g/mol. The second-order valence-electron chi connectivity index (χ2n) is 8.53. The lowest BCUT2D eigenvalue weighted by atomic mass is 9.94. The third-order valence-corrected chi connectivity index (χ3v) is 6.23. The second kappa shape index (κ2) is 10.6. The molecule has 1 N–H and O–H groups in total. The molecule has 3 heterocycles. The molecule has 35 heavy (non-hydrogen) atoms. The third kappa shape index (κ3) is 5.65. The number of aromatic hydroxyl groups is 1. The van der Waals surface area contributed by atoms with Gasteiger partial charge in [-0.1, -0.05) is 0 Å². The van der Waals surface area contributed by atoms with Gasteiger partial charge in [0, 0.05) is 56.7 Å². The van der Waals surface area contributed by atoms with Crippen molar-refractivity contribution < 1.29 is 23.8 Å². The van der Waals surface area contributed by atoms with Gasteiger partial charge in [0.05, 0.1) is 39.3 Å². The van der Waals surface area contributed by atoms with E-state index in [4.69, 9.17) is 13.9 Å². The van der Waals surface area contributed by atoms with Gasteiger partial charge in [-0.2, -0.15) is 5.10 Å². The lowest BCUT2D eigenvalue weighted by Gasteiger charge is -2.36. The Morgan fingerprint density at radius 2 is 1.89 bits per heavy atom. The van der Waals surface area contributed by atoms with E-state index in [2.05, 4.69) is 14.9 Å². The number of esters is 1. The van der Waals surface area contributed by atoms with Gasteiger partial charge in [0.2, 0.25) is 11.2 Å². The van der Waals surface area contributed by atoms with Gasteiger partial charge >= 0.3 is 5.97 Å². The molecule has 10 heteroatoms. The molecule has 1 aliphatic rings. The van der Waals surface area contributed by atoms with E-state index in [1.165, 1.54) is 13.2 Å². The maximum absolute atomic E-state index is 12.6. The van der Waals surface area contributed by atoms with E-state index in [0.717, 1.165) is 37.6 Å². The Morgan fingerprint density at radius 1 is 1.17 bits per heavy atom. The Kier molecular flexibility index (Phi) is 7.40. The van der Waals surface area contributed by atoms with Gasteiger partial charge in [-0.15, -0.1) is 0 Å². The average molecular weight is 483 g/mol. The molecular formula is C25H30N4O6. The number of carbonyl (C=O) groups excluding carboxylic acids is 1. The highest BCUT2D eigenvalue weighted by Crippen LogP contribution is 2.33. The first-order valence-electron chi connectivity index (χ1n) is 11.4. The van der Waals surface area contributed by atoms with Crippen LogP contribution in [0.3, 0.4) is 0 Å². The first kappa shape index (κ1) is 24.3. The molecule has 1 atom stereocenters. The summed E-state index contributed by atoms with van der Waals surface area (Å²) >= 11 is 0. The summed E-state index contributed by atoms with van der Waals surface area (Å²) in [5.74, 6) is -0.392. The summed E-state index contributed by atoms with van der Waals surface area (Å²) in [4.78, 5) is 29.2. The Labute approximate surface area is 203 Å². The average Bonchev–Trinajstić information content (AvgIpc) is 3.31. The van der Waals surface area contributed by atoms with Crippen molar-refractivity contribution in [3.05, 3.63) is 70.0 Å².